The SMILES string of the molecule is Nn1[se]c2ncccc2c1=O. The van der Waals surface area contributed by atoms with Gasteiger partial charge >= 0.3 is 67.7 Å². The van der Waals surface area contributed by atoms with Crippen molar-refractivity contribution < 1.29 is 0 Å². The Labute approximate surface area is 68.2 Å². The van der Waals surface area contributed by atoms with Gasteiger partial charge in [-0.05, 0) is 0 Å². The van der Waals surface area contributed by atoms with E-state index >= 15 is 0 Å². The monoisotopic (exact) mass is 215 g/mol. The zero-order chi connectivity index (χ0) is 7.84. The Balaban J connectivity index is 3.04. The predicted octanol–water partition coefficient (Wildman–Crippen LogP) is -0.833. The van der Waals surface area contributed by atoms with Crippen LogP contribution in [0.5, 0.6) is 0 Å². The van der Waals surface area contributed by atoms with Crippen molar-refractivity contribution >= 4 is 24.5 Å². The van der Waals surface area contributed by atoms with E-state index in [0.717, 1.165) is 4.39 Å². The first-order valence-electron chi connectivity index (χ1n) is 3.01. The fraction of sp³-hybridized carbons (Fsp3) is 0. The third kappa shape index (κ3) is 0.894. The van der Waals surface area contributed by atoms with E-state index in [-0.39, 0.29) is 20.3 Å². The normalized spacial score (nSPS) is 10.5. The standard InChI is InChI=1S/C6H5N3OSe/c7-9-6(10)4-2-1-3-8-5(4)11-9/h1-3H,7H2. The molecule has 0 aliphatic rings. The third-order valence-corrected chi connectivity index (χ3v) is 3.19. The van der Waals surface area contributed by atoms with Gasteiger partial charge in [0.2, 0.25) is 0 Å². The van der Waals surface area contributed by atoms with Gasteiger partial charge in [0.25, 0.3) is 0 Å². The van der Waals surface area contributed by atoms with E-state index in [9.17, 15) is 4.79 Å². The predicted molar refractivity (Wildman–Crippen MR) is 43.1 cm³/mol. The van der Waals surface area contributed by atoms with Gasteiger partial charge in [0.1, 0.15) is 0 Å². The van der Waals surface area contributed by atoms with Gasteiger partial charge in [0.15, 0.2) is 0 Å². The number of nitrogens with zero attached hydrogens (tertiary/aromatic N) is 2. The zero-order valence-corrected chi connectivity index (χ0v) is 7.23. The summed E-state index contributed by atoms with van der Waals surface area (Å²) < 4.78 is 2.05. The van der Waals surface area contributed by atoms with Gasteiger partial charge in [-0.15, -0.1) is 0 Å². The van der Waals surface area contributed by atoms with Crippen molar-refractivity contribution in [3.8, 4) is 0 Å². The van der Waals surface area contributed by atoms with E-state index < -0.39 is 0 Å². The van der Waals surface area contributed by atoms with Crippen molar-refractivity contribution in [3.05, 3.63) is 28.7 Å². The molecule has 0 aliphatic heterocycles. The van der Waals surface area contributed by atoms with Crippen LogP contribution in [-0.4, -0.2) is 23.4 Å². The van der Waals surface area contributed by atoms with Crippen LogP contribution in [0.15, 0.2) is 23.1 Å². The first-order valence-corrected chi connectivity index (χ1v) is 4.63. The minimum atomic E-state index is -0.117. The second-order valence-electron chi connectivity index (χ2n) is 2.08. The first-order chi connectivity index (χ1) is 5.29. The summed E-state index contributed by atoms with van der Waals surface area (Å²) in [6, 6.07) is 3.49. The van der Waals surface area contributed by atoms with E-state index in [1.165, 1.54) is 3.67 Å². The number of aromatic nitrogens is 2. The van der Waals surface area contributed by atoms with Crippen molar-refractivity contribution in [1.29, 1.82) is 0 Å². The fourth-order valence-corrected chi connectivity index (χ4v) is 2.41. The van der Waals surface area contributed by atoms with Crippen LogP contribution in [0.1, 0.15) is 0 Å². The number of rotatable bonds is 0. The zero-order valence-electron chi connectivity index (χ0n) is 5.52. The Morgan fingerprint density at radius 3 is 3.18 bits per heavy atom. The Kier molecular flexibility index (Phi) is 1.34. The number of nitrogen functional groups attached to an aromatic ring is 1. The molecule has 5 heteroatoms. The summed E-state index contributed by atoms with van der Waals surface area (Å²) in [6.07, 6.45) is 1.67. The maximum atomic E-state index is 11.2. The molecule has 0 bridgehead atoms. The molecular formula is C6H5N3OSe. The molecule has 0 unspecified atom stereocenters. The van der Waals surface area contributed by atoms with Crippen molar-refractivity contribution in [3.63, 3.8) is 0 Å². The second-order valence-corrected chi connectivity index (χ2v) is 4.10. The minimum absolute atomic E-state index is 0.117. The van der Waals surface area contributed by atoms with Gasteiger partial charge in [-0.25, -0.2) is 0 Å². The molecule has 0 atom stereocenters. The van der Waals surface area contributed by atoms with E-state index in [2.05, 4.69) is 4.98 Å². The number of nitrogens with two attached hydrogens (primary N) is 1. The van der Waals surface area contributed by atoms with Gasteiger partial charge in [-0.2, -0.15) is 0 Å². The summed E-state index contributed by atoms with van der Waals surface area (Å²) in [5, 5.41) is 0.648. The Hall–Kier alpha value is -1.06. The van der Waals surface area contributed by atoms with Crippen molar-refractivity contribution in [2.75, 3.05) is 5.84 Å². The van der Waals surface area contributed by atoms with Crippen LogP contribution in [0.25, 0.3) is 9.78 Å². The van der Waals surface area contributed by atoms with Crippen molar-refractivity contribution in [1.82, 2.24) is 8.66 Å². The Bertz CT molecular complexity index is 444. The summed E-state index contributed by atoms with van der Waals surface area (Å²) in [7, 11) is 0. The quantitative estimate of drug-likeness (QED) is 0.459. The molecule has 2 heterocycles. The molecule has 0 aromatic carbocycles. The Morgan fingerprint density at radius 2 is 2.45 bits per heavy atom. The van der Waals surface area contributed by atoms with Crippen molar-refractivity contribution in [2.45, 2.75) is 0 Å². The van der Waals surface area contributed by atoms with Crippen LogP contribution in [0, 0.1) is 0 Å². The molecule has 0 amide bonds. The number of fused-ring (bicyclic) bond motifs is 1. The molecule has 0 spiro atoms. The maximum absolute atomic E-state index is 11.2. The molecule has 2 rings (SSSR count). The molecule has 0 saturated heterocycles. The number of pyridine rings is 1. The van der Waals surface area contributed by atoms with Crippen LogP contribution < -0.4 is 11.4 Å². The van der Waals surface area contributed by atoms with Gasteiger partial charge < -0.3 is 0 Å². The molecule has 2 aromatic heterocycles. The third-order valence-electron chi connectivity index (χ3n) is 1.39. The molecule has 0 radical (unpaired) electrons. The average molecular weight is 214 g/mol. The van der Waals surface area contributed by atoms with Crippen LogP contribution in [0.3, 0.4) is 0 Å². The van der Waals surface area contributed by atoms with E-state index in [0.29, 0.717) is 5.39 Å². The van der Waals surface area contributed by atoms with E-state index in [1.54, 1.807) is 18.3 Å². The molecule has 0 saturated carbocycles. The topological polar surface area (TPSA) is 60.9 Å². The second kappa shape index (κ2) is 2.22. The van der Waals surface area contributed by atoms with Crippen LogP contribution in [-0.2, 0) is 0 Å². The summed E-state index contributed by atoms with van der Waals surface area (Å²) in [4.78, 5) is 15.2. The summed E-state index contributed by atoms with van der Waals surface area (Å²) in [5.41, 5.74) is -0.117. The summed E-state index contributed by atoms with van der Waals surface area (Å²) in [5.74, 6) is 5.40. The molecule has 2 N–H and O–H groups in total. The molecular weight excluding hydrogens is 209 g/mol. The molecule has 0 aliphatic carbocycles. The number of hydrogen-bond acceptors (Lipinski definition) is 3. The van der Waals surface area contributed by atoms with E-state index in [4.69, 9.17) is 5.84 Å². The Morgan fingerprint density at radius 1 is 1.64 bits per heavy atom. The average Bonchev–Trinajstić information content (AvgIpc) is 2.30. The van der Waals surface area contributed by atoms with Crippen LogP contribution in [0.2, 0.25) is 0 Å². The summed E-state index contributed by atoms with van der Waals surface area (Å²) >= 11 is -0.117. The first kappa shape index (κ1) is 6.64. The molecule has 4 nitrogen and oxygen atoms in total. The van der Waals surface area contributed by atoms with Gasteiger partial charge in [-0.1, -0.05) is 0 Å². The molecule has 0 fully saturated rings. The van der Waals surface area contributed by atoms with Gasteiger partial charge in [0.05, 0.1) is 0 Å². The van der Waals surface area contributed by atoms with Crippen molar-refractivity contribution in [2.24, 2.45) is 0 Å². The van der Waals surface area contributed by atoms with Gasteiger partial charge in [-0.3, -0.25) is 0 Å². The molecule has 2 aromatic rings. The molecule has 11 heavy (non-hydrogen) atoms. The van der Waals surface area contributed by atoms with Crippen LogP contribution in [0.4, 0.5) is 0 Å². The fourth-order valence-electron chi connectivity index (χ4n) is 0.880. The van der Waals surface area contributed by atoms with Crippen LogP contribution >= 0.6 is 0 Å². The van der Waals surface area contributed by atoms with Gasteiger partial charge in [0, 0.05) is 0 Å². The van der Waals surface area contributed by atoms with E-state index in [1.807, 2.05) is 0 Å². The summed E-state index contributed by atoms with van der Waals surface area (Å²) in [6.45, 7) is 0. The molecule has 56 valence electrons. The number of hydrogen-bond donors (Lipinski definition) is 1.